The number of rotatable bonds is 11. The summed E-state index contributed by atoms with van der Waals surface area (Å²) in [6.07, 6.45) is 1.54. The number of halogens is 1. The van der Waals surface area contributed by atoms with Crippen LogP contribution in [0.5, 0.6) is 0 Å². The molecule has 0 unspecified atom stereocenters. The first-order chi connectivity index (χ1) is 16.3. The summed E-state index contributed by atoms with van der Waals surface area (Å²) in [6.45, 7) is 4.44. The Labute approximate surface area is 203 Å². The van der Waals surface area contributed by atoms with Crippen LogP contribution in [0.4, 0.5) is 15.8 Å². The predicted molar refractivity (Wildman–Crippen MR) is 130 cm³/mol. The van der Waals surface area contributed by atoms with Crippen molar-refractivity contribution in [3.8, 4) is 0 Å². The van der Waals surface area contributed by atoms with Crippen molar-refractivity contribution < 1.29 is 27.3 Å². The molecule has 10 nitrogen and oxygen atoms in total. The Balaban J connectivity index is 2.41. The summed E-state index contributed by atoms with van der Waals surface area (Å²) in [6, 6.07) is 9.14. The second-order valence-electron chi connectivity index (χ2n) is 8.19. The third kappa shape index (κ3) is 7.74. The second kappa shape index (κ2) is 11.7. The van der Waals surface area contributed by atoms with Crippen molar-refractivity contribution in [1.82, 2.24) is 10.2 Å². The summed E-state index contributed by atoms with van der Waals surface area (Å²) >= 11 is 0. The van der Waals surface area contributed by atoms with Crippen LogP contribution in [0.2, 0.25) is 0 Å². The monoisotopic (exact) mass is 508 g/mol. The Kier molecular flexibility index (Phi) is 9.29. The van der Waals surface area contributed by atoms with Gasteiger partial charge in [-0.3, -0.25) is 24.0 Å². The summed E-state index contributed by atoms with van der Waals surface area (Å²) in [5, 5.41) is 13.9. The summed E-state index contributed by atoms with van der Waals surface area (Å²) < 4.78 is 39.2. The molecule has 0 aliphatic heterocycles. The second-order valence-corrected chi connectivity index (χ2v) is 10.1. The molecule has 0 bridgehead atoms. The minimum absolute atomic E-state index is 0.0616. The van der Waals surface area contributed by atoms with E-state index >= 15 is 0 Å². The van der Waals surface area contributed by atoms with Crippen LogP contribution in [-0.2, 0) is 26.2 Å². The van der Waals surface area contributed by atoms with Gasteiger partial charge in [0.1, 0.15) is 18.4 Å². The van der Waals surface area contributed by atoms with Crippen LogP contribution in [0.1, 0.15) is 32.8 Å². The standard InChI is InChI=1S/C23H29FN4O6S/c1-5-16(2)25-23(30)17(3)26(14-18-9-11-19(24)12-10-18)22(29)15-27(35(4,33)34)20-7-6-8-21(13-20)28(31)32/h6-13,16-17H,5,14-15H2,1-4H3,(H,25,30)/t16-,17-/m0/s1. The molecule has 0 spiro atoms. The zero-order valence-electron chi connectivity index (χ0n) is 20.0. The van der Waals surface area contributed by atoms with E-state index in [4.69, 9.17) is 0 Å². The van der Waals surface area contributed by atoms with Crippen molar-refractivity contribution in [1.29, 1.82) is 0 Å². The van der Waals surface area contributed by atoms with Crippen molar-refractivity contribution in [2.45, 2.75) is 45.8 Å². The number of nitrogens with one attached hydrogen (secondary N) is 1. The smallest absolute Gasteiger partial charge is 0.271 e. The number of nitro benzene ring substituents is 1. The lowest BCUT2D eigenvalue weighted by Crippen LogP contribution is -2.52. The third-order valence-corrected chi connectivity index (χ3v) is 6.58. The van der Waals surface area contributed by atoms with E-state index in [0.29, 0.717) is 12.0 Å². The average Bonchev–Trinajstić information content (AvgIpc) is 2.80. The summed E-state index contributed by atoms with van der Waals surface area (Å²) in [4.78, 5) is 37.9. The SMILES string of the molecule is CC[C@H](C)NC(=O)[C@H](C)N(Cc1ccc(F)cc1)C(=O)CN(c1cccc([N+](=O)[O-])c1)S(C)(=O)=O. The zero-order chi connectivity index (χ0) is 26.3. The van der Waals surface area contributed by atoms with Crippen LogP contribution in [0, 0.1) is 15.9 Å². The van der Waals surface area contributed by atoms with Gasteiger partial charge in [0.05, 0.1) is 16.9 Å². The van der Waals surface area contributed by atoms with Gasteiger partial charge in [-0.25, -0.2) is 12.8 Å². The molecule has 0 aromatic heterocycles. The summed E-state index contributed by atoms with van der Waals surface area (Å²) in [5.41, 5.74) is 0.130. The highest BCUT2D eigenvalue weighted by Crippen LogP contribution is 2.24. The van der Waals surface area contributed by atoms with Gasteiger partial charge in [-0.1, -0.05) is 25.1 Å². The van der Waals surface area contributed by atoms with E-state index in [0.717, 1.165) is 16.6 Å². The van der Waals surface area contributed by atoms with Gasteiger partial charge in [-0.05, 0) is 44.0 Å². The van der Waals surface area contributed by atoms with Crippen LogP contribution in [0.15, 0.2) is 48.5 Å². The lowest BCUT2D eigenvalue weighted by atomic mass is 10.1. The van der Waals surface area contributed by atoms with E-state index in [2.05, 4.69) is 5.32 Å². The van der Waals surface area contributed by atoms with Gasteiger partial charge in [0, 0.05) is 24.7 Å². The molecule has 0 radical (unpaired) electrons. The maximum Gasteiger partial charge on any atom is 0.271 e. The van der Waals surface area contributed by atoms with Crippen LogP contribution < -0.4 is 9.62 Å². The molecule has 0 fully saturated rings. The molecule has 0 saturated heterocycles. The molecule has 12 heteroatoms. The molecule has 2 aromatic rings. The van der Waals surface area contributed by atoms with E-state index in [1.165, 1.54) is 54.3 Å². The van der Waals surface area contributed by atoms with Crippen LogP contribution in [0.25, 0.3) is 0 Å². The molecular weight excluding hydrogens is 479 g/mol. The number of sulfonamides is 1. The Morgan fingerprint density at radius 1 is 1.14 bits per heavy atom. The Bertz CT molecular complexity index is 1170. The first-order valence-electron chi connectivity index (χ1n) is 10.9. The van der Waals surface area contributed by atoms with E-state index in [9.17, 15) is 32.5 Å². The predicted octanol–water partition coefficient (Wildman–Crippen LogP) is 2.83. The third-order valence-electron chi connectivity index (χ3n) is 5.44. The lowest BCUT2D eigenvalue weighted by Gasteiger charge is -2.32. The first kappa shape index (κ1) is 27.7. The Morgan fingerprint density at radius 2 is 1.77 bits per heavy atom. The van der Waals surface area contributed by atoms with Gasteiger partial charge in [-0.2, -0.15) is 0 Å². The molecule has 0 heterocycles. The topological polar surface area (TPSA) is 130 Å². The minimum atomic E-state index is -4.02. The van der Waals surface area contributed by atoms with Crippen LogP contribution in [0.3, 0.4) is 0 Å². The molecule has 0 aliphatic rings. The maximum atomic E-state index is 13.4. The lowest BCUT2D eigenvalue weighted by molar-refractivity contribution is -0.384. The molecule has 0 aliphatic carbocycles. The molecule has 2 aromatic carbocycles. The number of amides is 2. The van der Waals surface area contributed by atoms with Crippen molar-refractivity contribution in [3.63, 3.8) is 0 Å². The van der Waals surface area contributed by atoms with E-state index in [1.807, 2.05) is 13.8 Å². The van der Waals surface area contributed by atoms with Crippen molar-refractivity contribution in [2.75, 3.05) is 17.1 Å². The minimum Gasteiger partial charge on any atom is -0.352 e. The van der Waals surface area contributed by atoms with Crippen LogP contribution >= 0.6 is 0 Å². The molecule has 190 valence electrons. The van der Waals surface area contributed by atoms with Gasteiger partial charge in [0.25, 0.3) is 5.69 Å². The summed E-state index contributed by atoms with van der Waals surface area (Å²) in [5.74, 6) is -1.61. The fourth-order valence-corrected chi connectivity index (χ4v) is 4.05. The van der Waals surface area contributed by atoms with E-state index < -0.39 is 45.2 Å². The normalized spacial score (nSPS) is 12.9. The van der Waals surface area contributed by atoms with Gasteiger partial charge in [0.2, 0.25) is 21.8 Å². The number of hydrogen-bond acceptors (Lipinski definition) is 6. The van der Waals surface area contributed by atoms with Gasteiger partial charge in [-0.15, -0.1) is 0 Å². The fraction of sp³-hybridized carbons (Fsp3) is 0.391. The highest BCUT2D eigenvalue weighted by Gasteiger charge is 2.30. The van der Waals surface area contributed by atoms with Crippen molar-refractivity contribution in [3.05, 3.63) is 70.0 Å². The highest BCUT2D eigenvalue weighted by atomic mass is 32.2. The molecule has 2 rings (SSSR count). The number of hydrogen-bond donors (Lipinski definition) is 1. The molecular formula is C23H29FN4O6S. The van der Waals surface area contributed by atoms with E-state index in [1.54, 1.807) is 0 Å². The van der Waals surface area contributed by atoms with E-state index in [-0.39, 0.29) is 24.0 Å². The molecule has 35 heavy (non-hydrogen) atoms. The maximum absolute atomic E-state index is 13.4. The van der Waals surface area contributed by atoms with Crippen LogP contribution in [-0.4, -0.2) is 54.9 Å². The zero-order valence-corrected chi connectivity index (χ0v) is 20.8. The number of nitro groups is 1. The van der Waals surface area contributed by atoms with Crippen molar-refractivity contribution >= 4 is 33.2 Å². The number of non-ortho nitro benzene ring substituents is 1. The number of nitrogens with zero attached hydrogens (tertiary/aromatic N) is 3. The quantitative estimate of drug-likeness (QED) is 0.367. The largest absolute Gasteiger partial charge is 0.352 e. The summed E-state index contributed by atoms with van der Waals surface area (Å²) in [7, 11) is -4.02. The van der Waals surface area contributed by atoms with Gasteiger partial charge >= 0.3 is 0 Å². The molecule has 2 amide bonds. The molecule has 2 atom stereocenters. The number of anilines is 1. The van der Waals surface area contributed by atoms with Crippen molar-refractivity contribution in [2.24, 2.45) is 0 Å². The Morgan fingerprint density at radius 3 is 2.31 bits per heavy atom. The van der Waals surface area contributed by atoms with Gasteiger partial charge < -0.3 is 10.2 Å². The fourth-order valence-electron chi connectivity index (χ4n) is 3.21. The first-order valence-corrected chi connectivity index (χ1v) is 12.7. The highest BCUT2D eigenvalue weighted by molar-refractivity contribution is 7.92. The molecule has 0 saturated carbocycles. The van der Waals surface area contributed by atoms with Gasteiger partial charge in [0.15, 0.2) is 0 Å². The molecule has 1 N–H and O–H groups in total. The Hall–Kier alpha value is -3.54. The number of benzene rings is 2. The average molecular weight is 509 g/mol. The number of carbonyl (C=O) groups is 2. The number of carbonyl (C=O) groups excluding carboxylic acids is 2.